The van der Waals surface area contributed by atoms with Crippen LogP contribution in [0.5, 0.6) is 0 Å². The van der Waals surface area contributed by atoms with Gasteiger partial charge in [0, 0.05) is 44.1 Å². The zero-order valence-electron chi connectivity index (χ0n) is 17.7. The van der Waals surface area contributed by atoms with Gasteiger partial charge < -0.3 is 0 Å². The highest BCUT2D eigenvalue weighted by molar-refractivity contribution is 5.93. The van der Waals surface area contributed by atoms with Gasteiger partial charge in [0.2, 0.25) is 0 Å². The van der Waals surface area contributed by atoms with E-state index in [2.05, 4.69) is 21.3 Å². The van der Waals surface area contributed by atoms with Gasteiger partial charge in [-0.2, -0.15) is 28.6 Å². The van der Waals surface area contributed by atoms with E-state index in [0.717, 1.165) is 10.9 Å². The Morgan fingerprint density at radius 1 is 1.09 bits per heavy atom. The summed E-state index contributed by atoms with van der Waals surface area (Å²) in [5.41, 5.74) is 2.40. The van der Waals surface area contributed by atoms with E-state index in [-0.39, 0.29) is 19.5 Å². The maximum Gasteiger partial charge on any atom is 0.401 e. The first-order chi connectivity index (χ1) is 15.8. The lowest BCUT2D eigenvalue weighted by Crippen LogP contribution is -2.64. The minimum atomic E-state index is -4.28. The fraction of sp³-hybridized carbons (Fsp3) is 0.318. The number of pyridine rings is 2. The number of nitrogens with zero attached hydrogens (tertiary/aromatic N) is 8. The Hall–Kier alpha value is -3.78. The van der Waals surface area contributed by atoms with Crippen molar-refractivity contribution in [1.82, 2.24) is 34.4 Å². The van der Waals surface area contributed by atoms with E-state index < -0.39 is 18.3 Å². The number of fused-ring (bicyclic) bond motifs is 1. The van der Waals surface area contributed by atoms with Crippen LogP contribution in [0.3, 0.4) is 0 Å². The van der Waals surface area contributed by atoms with Crippen molar-refractivity contribution < 1.29 is 13.2 Å². The average molecular weight is 452 g/mol. The van der Waals surface area contributed by atoms with Gasteiger partial charge in [0.15, 0.2) is 0 Å². The molecular formula is C22H19F3N8. The molecule has 5 rings (SSSR count). The highest BCUT2D eigenvalue weighted by Crippen LogP contribution is 2.36. The van der Waals surface area contributed by atoms with Crippen LogP contribution in [0.2, 0.25) is 0 Å². The molecule has 11 heteroatoms. The Balaban J connectivity index is 1.53. The molecule has 0 bridgehead atoms. The van der Waals surface area contributed by atoms with Crippen LogP contribution < -0.4 is 0 Å². The van der Waals surface area contributed by atoms with Crippen molar-refractivity contribution in [3.8, 4) is 28.8 Å². The highest BCUT2D eigenvalue weighted by Gasteiger charge is 2.48. The number of rotatable bonds is 5. The van der Waals surface area contributed by atoms with Crippen LogP contribution >= 0.6 is 0 Å². The van der Waals surface area contributed by atoms with Crippen molar-refractivity contribution in [3.63, 3.8) is 0 Å². The molecule has 0 aromatic carbocycles. The van der Waals surface area contributed by atoms with E-state index in [1.54, 1.807) is 27.8 Å². The molecule has 1 aliphatic rings. The average Bonchev–Trinajstić information content (AvgIpc) is 3.40. The summed E-state index contributed by atoms with van der Waals surface area (Å²) >= 11 is 0. The van der Waals surface area contributed by atoms with Gasteiger partial charge in [0.05, 0.1) is 30.2 Å². The number of likely N-dealkylation sites (tertiary alicyclic amines) is 1. The van der Waals surface area contributed by atoms with Crippen molar-refractivity contribution in [2.75, 3.05) is 19.6 Å². The summed E-state index contributed by atoms with van der Waals surface area (Å²) in [6.45, 7) is -0.798. The maximum absolute atomic E-state index is 12.8. The molecule has 8 nitrogen and oxygen atoms in total. The van der Waals surface area contributed by atoms with Crippen LogP contribution in [0, 0.1) is 11.3 Å². The van der Waals surface area contributed by atoms with Crippen LogP contribution in [0.15, 0.2) is 48.9 Å². The predicted octanol–water partition coefficient (Wildman–Crippen LogP) is 3.38. The van der Waals surface area contributed by atoms with Crippen LogP contribution in [0.25, 0.3) is 33.7 Å². The predicted molar refractivity (Wildman–Crippen MR) is 114 cm³/mol. The summed E-state index contributed by atoms with van der Waals surface area (Å²) in [5.74, 6) is 0. The van der Waals surface area contributed by atoms with Gasteiger partial charge >= 0.3 is 6.18 Å². The SMILES string of the molecule is Cn1ccc(-c2cc3ncccc3c(-c3ccn(C4(CC#N)CN(CC(F)(F)F)C4)n3)n2)n1. The Labute approximate surface area is 186 Å². The smallest absolute Gasteiger partial charge is 0.290 e. The van der Waals surface area contributed by atoms with E-state index in [1.165, 1.54) is 4.90 Å². The van der Waals surface area contributed by atoms with E-state index in [0.29, 0.717) is 22.8 Å². The van der Waals surface area contributed by atoms with Crippen molar-refractivity contribution in [2.45, 2.75) is 18.1 Å². The summed E-state index contributed by atoms with van der Waals surface area (Å²) in [4.78, 5) is 10.5. The van der Waals surface area contributed by atoms with Gasteiger partial charge in [0.1, 0.15) is 22.6 Å². The molecule has 1 fully saturated rings. The molecule has 5 heterocycles. The lowest BCUT2D eigenvalue weighted by molar-refractivity contribution is -0.167. The van der Waals surface area contributed by atoms with Crippen molar-refractivity contribution in [2.24, 2.45) is 7.05 Å². The number of aromatic nitrogens is 6. The number of alkyl halides is 3. The zero-order valence-corrected chi connectivity index (χ0v) is 17.7. The van der Waals surface area contributed by atoms with Crippen LogP contribution in [-0.4, -0.2) is 60.2 Å². The van der Waals surface area contributed by atoms with Crippen LogP contribution in [0.1, 0.15) is 6.42 Å². The second-order valence-corrected chi connectivity index (χ2v) is 8.27. The number of hydrogen-bond acceptors (Lipinski definition) is 6. The Kier molecular flexibility index (Phi) is 4.90. The minimum absolute atomic E-state index is 0.0617. The Morgan fingerprint density at radius 3 is 2.58 bits per heavy atom. The molecule has 4 aromatic heterocycles. The minimum Gasteiger partial charge on any atom is -0.290 e. The third kappa shape index (κ3) is 3.93. The summed E-state index contributed by atoms with van der Waals surface area (Å²) in [7, 11) is 1.82. The van der Waals surface area contributed by atoms with Gasteiger partial charge in [-0.25, -0.2) is 4.98 Å². The second-order valence-electron chi connectivity index (χ2n) is 8.27. The van der Waals surface area contributed by atoms with Crippen molar-refractivity contribution in [1.29, 1.82) is 5.26 Å². The molecule has 1 aliphatic heterocycles. The molecule has 1 saturated heterocycles. The lowest BCUT2D eigenvalue weighted by Gasteiger charge is -2.49. The van der Waals surface area contributed by atoms with Crippen molar-refractivity contribution >= 4 is 10.9 Å². The quantitative estimate of drug-likeness (QED) is 0.461. The summed E-state index contributed by atoms with van der Waals surface area (Å²) in [5, 5.41) is 19.2. The summed E-state index contributed by atoms with van der Waals surface area (Å²) in [6.07, 6.45) is 0.998. The molecule has 0 N–H and O–H groups in total. The molecule has 0 unspecified atom stereocenters. The fourth-order valence-corrected chi connectivity index (χ4v) is 4.30. The molecule has 168 valence electrons. The van der Waals surface area contributed by atoms with E-state index in [1.807, 2.05) is 37.5 Å². The summed E-state index contributed by atoms with van der Waals surface area (Å²) in [6, 6.07) is 11.3. The number of halogens is 3. The van der Waals surface area contributed by atoms with E-state index in [4.69, 9.17) is 4.98 Å². The van der Waals surface area contributed by atoms with Crippen molar-refractivity contribution in [3.05, 3.63) is 48.9 Å². The van der Waals surface area contributed by atoms with Gasteiger partial charge in [-0.1, -0.05) is 0 Å². The van der Waals surface area contributed by atoms with Gasteiger partial charge in [0.25, 0.3) is 0 Å². The largest absolute Gasteiger partial charge is 0.401 e. The molecule has 0 atom stereocenters. The molecule has 0 saturated carbocycles. The lowest BCUT2D eigenvalue weighted by atomic mass is 9.87. The van der Waals surface area contributed by atoms with Gasteiger partial charge in [-0.05, 0) is 30.3 Å². The van der Waals surface area contributed by atoms with Crippen LogP contribution in [-0.2, 0) is 12.6 Å². The second kappa shape index (κ2) is 7.67. The monoisotopic (exact) mass is 452 g/mol. The Morgan fingerprint density at radius 2 is 1.88 bits per heavy atom. The zero-order chi connectivity index (χ0) is 23.2. The first-order valence-corrected chi connectivity index (χ1v) is 10.2. The van der Waals surface area contributed by atoms with Gasteiger partial charge in [-0.15, -0.1) is 0 Å². The number of aryl methyl sites for hydroxylation is 1. The van der Waals surface area contributed by atoms with Crippen LogP contribution in [0.4, 0.5) is 13.2 Å². The molecule has 0 amide bonds. The molecule has 4 aromatic rings. The van der Waals surface area contributed by atoms with E-state index >= 15 is 0 Å². The third-order valence-corrected chi connectivity index (χ3v) is 5.74. The molecule has 33 heavy (non-hydrogen) atoms. The normalized spacial score (nSPS) is 16.0. The fourth-order valence-electron chi connectivity index (χ4n) is 4.30. The first kappa shape index (κ1) is 21.1. The molecule has 0 spiro atoms. The number of hydrogen-bond donors (Lipinski definition) is 0. The maximum atomic E-state index is 12.8. The molecule has 0 radical (unpaired) electrons. The molecule has 0 aliphatic carbocycles. The Bertz CT molecular complexity index is 1360. The van der Waals surface area contributed by atoms with E-state index in [9.17, 15) is 18.4 Å². The highest BCUT2D eigenvalue weighted by atomic mass is 19.4. The first-order valence-electron chi connectivity index (χ1n) is 10.2. The standard InChI is InChI=1S/C22H19F3N8/c1-31-9-4-16(29-31)19-11-18-15(3-2-8-27-18)20(28-19)17-5-10-33(30-17)21(6-7-26)12-32(13-21)14-22(23,24)25/h2-5,8-11H,6,12-14H2,1H3. The number of nitriles is 1. The third-order valence-electron chi connectivity index (χ3n) is 5.74. The summed E-state index contributed by atoms with van der Waals surface area (Å²) < 4.78 is 41.6. The van der Waals surface area contributed by atoms with Gasteiger partial charge in [-0.3, -0.25) is 19.2 Å². The molecular weight excluding hydrogens is 433 g/mol. The topological polar surface area (TPSA) is 88.5 Å².